The Bertz CT molecular complexity index is 613. The average Bonchev–Trinajstić information content (AvgIpc) is 2.50. The summed E-state index contributed by atoms with van der Waals surface area (Å²) in [4.78, 5) is 24.0. The quantitative estimate of drug-likeness (QED) is 0.694. The topological polar surface area (TPSA) is 76.4 Å². The second-order valence-electron chi connectivity index (χ2n) is 4.65. The molecule has 0 spiro atoms. The SMILES string of the molecule is CCOC(=O)CC(C#N)C(C(=O)OCC)c1ccc(Cl)c(Cl)c1. The Morgan fingerprint density at radius 2 is 1.83 bits per heavy atom. The van der Waals surface area contributed by atoms with Gasteiger partial charge in [-0.25, -0.2) is 0 Å². The van der Waals surface area contributed by atoms with Crippen molar-refractivity contribution in [1.29, 1.82) is 5.26 Å². The molecule has 5 nitrogen and oxygen atoms in total. The summed E-state index contributed by atoms with van der Waals surface area (Å²) in [5.74, 6) is -3.01. The zero-order valence-electron chi connectivity index (χ0n) is 12.8. The predicted molar refractivity (Wildman–Crippen MR) is 86.2 cm³/mol. The zero-order chi connectivity index (χ0) is 17.4. The summed E-state index contributed by atoms with van der Waals surface area (Å²) in [7, 11) is 0. The van der Waals surface area contributed by atoms with Crippen LogP contribution >= 0.6 is 23.2 Å². The highest BCUT2D eigenvalue weighted by molar-refractivity contribution is 6.42. The van der Waals surface area contributed by atoms with Crippen molar-refractivity contribution in [3.05, 3.63) is 33.8 Å². The number of ether oxygens (including phenoxy) is 2. The van der Waals surface area contributed by atoms with Crippen LogP contribution in [0.15, 0.2) is 18.2 Å². The first-order valence-corrected chi connectivity index (χ1v) is 7.86. The summed E-state index contributed by atoms with van der Waals surface area (Å²) in [6, 6.07) is 6.61. The third-order valence-corrected chi connectivity index (χ3v) is 3.84. The minimum Gasteiger partial charge on any atom is -0.466 e. The van der Waals surface area contributed by atoms with Gasteiger partial charge in [0.05, 0.1) is 47.6 Å². The second kappa shape index (κ2) is 9.39. The third kappa shape index (κ3) is 5.42. The molecule has 2 atom stereocenters. The molecule has 0 aliphatic carbocycles. The van der Waals surface area contributed by atoms with Gasteiger partial charge >= 0.3 is 11.9 Å². The molecule has 0 saturated heterocycles. The van der Waals surface area contributed by atoms with Crippen molar-refractivity contribution in [3.63, 3.8) is 0 Å². The summed E-state index contributed by atoms with van der Waals surface area (Å²) in [5.41, 5.74) is 0.466. The van der Waals surface area contributed by atoms with E-state index in [1.807, 2.05) is 6.07 Å². The molecular formula is C16H17Cl2NO4. The Hall–Kier alpha value is -1.77. The molecule has 0 fully saturated rings. The van der Waals surface area contributed by atoms with Gasteiger partial charge in [-0.05, 0) is 31.5 Å². The molecule has 0 aromatic heterocycles. The van der Waals surface area contributed by atoms with Crippen LogP contribution in [0.3, 0.4) is 0 Å². The van der Waals surface area contributed by atoms with Gasteiger partial charge in [-0.2, -0.15) is 5.26 Å². The monoisotopic (exact) mass is 357 g/mol. The van der Waals surface area contributed by atoms with E-state index in [2.05, 4.69) is 0 Å². The number of carbonyl (C=O) groups is 2. The molecule has 124 valence electrons. The first kappa shape index (κ1) is 19.3. The molecular weight excluding hydrogens is 341 g/mol. The summed E-state index contributed by atoms with van der Waals surface area (Å²) < 4.78 is 9.89. The summed E-state index contributed by atoms with van der Waals surface area (Å²) in [6.07, 6.45) is -0.214. The fraction of sp³-hybridized carbons (Fsp3) is 0.438. The van der Waals surface area contributed by atoms with E-state index in [-0.39, 0.29) is 24.7 Å². The number of benzene rings is 1. The highest BCUT2D eigenvalue weighted by Gasteiger charge is 2.33. The maximum absolute atomic E-state index is 12.3. The van der Waals surface area contributed by atoms with Crippen LogP contribution in [-0.2, 0) is 19.1 Å². The molecule has 0 amide bonds. The number of rotatable bonds is 7. The fourth-order valence-electron chi connectivity index (χ4n) is 2.11. The van der Waals surface area contributed by atoms with E-state index < -0.39 is 23.8 Å². The molecule has 0 N–H and O–H groups in total. The number of halogens is 2. The number of esters is 2. The molecule has 1 aromatic rings. The van der Waals surface area contributed by atoms with Gasteiger partial charge in [0.15, 0.2) is 0 Å². The Balaban J connectivity index is 3.17. The summed E-state index contributed by atoms with van der Waals surface area (Å²) >= 11 is 11.9. The summed E-state index contributed by atoms with van der Waals surface area (Å²) in [6.45, 7) is 3.69. The van der Waals surface area contributed by atoms with Gasteiger partial charge < -0.3 is 9.47 Å². The lowest BCUT2D eigenvalue weighted by Gasteiger charge is -2.20. The lowest BCUT2D eigenvalue weighted by molar-refractivity contribution is -0.147. The van der Waals surface area contributed by atoms with E-state index in [0.29, 0.717) is 10.6 Å². The Morgan fingerprint density at radius 3 is 2.35 bits per heavy atom. The second-order valence-corrected chi connectivity index (χ2v) is 5.46. The van der Waals surface area contributed by atoms with Gasteiger partial charge in [0.1, 0.15) is 0 Å². The number of hydrogen-bond donors (Lipinski definition) is 0. The molecule has 0 radical (unpaired) electrons. The van der Waals surface area contributed by atoms with Crippen molar-refractivity contribution >= 4 is 35.1 Å². The molecule has 1 aromatic carbocycles. The molecule has 7 heteroatoms. The van der Waals surface area contributed by atoms with Crippen LogP contribution in [0.2, 0.25) is 10.0 Å². The Kier molecular flexibility index (Phi) is 7.87. The maximum atomic E-state index is 12.3. The molecule has 1 rings (SSSR count). The third-order valence-electron chi connectivity index (χ3n) is 3.10. The number of nitriles is 1. The van der Waals surface area contributed by atoms with Crippen LogP contribution in [0.4, 0.5) is 0 Å². The van der Waals surface area contributed by atoms with E-state index in [4.69, 9.17) is 32.7 Å². The predicted octanol–water partition coefficient (Wildman–Crippen LogP) is 3.73. The molecule has 0 bridgehead atoms. The van der Waals surface area contributed by atoms with Gasteiger partial charge in [-0.15, -0.1) is 0 Å². The van der Waals surface area contributed by atoms with Gasteiger partial charge in [0.25, 0.3) is 0 Å². The smallest absolute Gasteiger partial charge is 0.314 e. The van der Waals surface area contributed by atoms with E-state index in [0.717, 1.165) is 0 Å². The van der Waals surface area contributed by atoms with Crippen LogP contribution in [0.25, 0.3) is 0 Å². The number of nitrogens with zero attached hydrogens (tertiary/aromatic N) is 1. The van der Waals surface area contributed by atoms with Crippen molar-refractivity contribution in [2.45, 2.75) is 26.2 Å². The molecule has 0 aliphatic rings. The van der Waals surface area contributed by atoms with Crippen LogP contribution in [0.5, 0.6) is 0 Å². The highest BCUT2D eigenvalue weighted by atomic mass is 35.5. The number of hydrogen-bond acceptors (Lipinski definition) is 5. The lowest BCUT2D eigenvalue weighted by Crippen LogP contribution is -2.26. The maximum Gasteiger partial charge on any atom is 0.314 e. The van der Waals surface area contributed by atoms with Crippen LogP contribution in [0.1, 0.15) is 31.7 Å². The standard InChI is InChI=1S/C16H17Cl2NO4/c1-3-22-14(20)8-11(9-19)15(16(21)23-4-2)10-5-6-12(17)13(18)7-10/h5-7,11,15H,3-4,8H2,1-2H3. The molecule has 0 saturated carbocycles. The van der Waals surface area contributed by atoms with E-state index in [9.17, 15) is 14.9 Å². The van der Waals surface area contributed by atoms with Crippen molar-refractivity contribution in [3.8, 4) is 6.07 Å². The lowest BCUT2D eigenvalue weighted by atomic mass is 9.85. The Morgan fingerprint density at radius 1 is 1.17 bits per heavy atom. The fourth-order valence-corrected chi connectivity index (χ4v) is 2.41. The molecule has 0 aliphatic heterocycles. The van der Waals surface area contributed by atoms with Crippen LogP contribution in [-0.4, -0.2) is 25.2 Å². The van der Waals surface area contributed by atoms with Gasteiger partial charge in [0, 0.05) is 0 Å². The normalized spacial score (nSPS) is 12.8. The van der Waals surface area contributed by atoms with Crippen molar-refractivity contribution in [2.75, 3.05) is 13.2 Å². The van der Waals surface area contributed by atoms with Crippen molar-refractivity contribution in [2.24, 2.45) is 5.92 Å². The Labute approximate surface area is 145 Å². The van der Waals surface area contributed by atoms with E-state index >= 15 is 0 Å². The van der Waals surface area contributed by atoms with Gasteiger partial charge in [-0.1, -0.05) is 29.3 Å². The minimum absolute atomic E-state index is 0.161. The zero-order valence-corrected chi connectivity index (χ0v) is 14.4. The first-order chi connectivity index (χ1) is 10.9. The van der Waals surface area contributed by atoms with Gasteiger partial charge in [0.2, 0.25) is 0 Å². The van der Waals surface area contributed by atoms with Crippen molar-refractivity contribution in [1.82, 2.24) is 0 Å². The van der Waals surface area contributed by atoms with E-state index in [1.54, 1.807) is 19.9 Å². The van der Waals surface area contributed by atoms with Crippen LogP contribution in [0, 0.1) is 17.2 Å². The summed E-state index contributed by atoms with van der Waals surface area (Å²) in [5, 5.41) is 9.98. The first-order valence-electron chi connectivity index (χ1n) is 7.11. The van der Waals surface area contributed by atoms with Crippen molar-refractivity contribution < 1.29 is 19.1 Å². The molecule has 0 heterocycles. The largest absolute Gasteiger partial charge is 0.466 e. The minimum atomic E-state index is -0.945. The highest BCUT2D eigenvalue weighted by Crippen LogP contribution is 2.33. The van der Waals surface area contributed by atoms with E-state index in [1.165, 1.54) is 12.1 Å². The van der Waals surface area contributed by atoms with Crippen LogP contribution < -0.4 is 0 Å². The van der Waals surface area contributed by atoms with Gasteiger partial charge in [-0.3, -0.25) is 9.59 Å². The molecule has 2 unspecified atom stereocenters. The molecule has 23 heavy (non-hydrogen) atoms. The number of carbonyl (C=O) groups excluding carboxylic acids is 2. The average molecular weight is 358 g/mol.